The number of nitrogens with one attached hydrogen (secondary N) is 1. The number of aromatic nitrogens is 2. The molecule has 0 saturated carbocycles. The van der Waals surface area contributed by atoms with Gasteiger partial charge in [0.1, 0.15) is 0 Å². The first-order chi connectivity index (χ1) is 17.4. The standard InChI is InChI=1S/C31H34N4S/c1-6-23-14-16-25(17-15-23)35-30(28(33-31(35)36)27-13-8-9-18-32-27)26-19-21(4)34(22(26)5)29-20(3)11-10-12-24(29)7-2/h8-19,28,30H,6-7H2,1-5H3,(H,33,36)/t28-,30+/m0/s1. The number of pyridine rings is 1. The zero-order valence-corrected chi connectivity index (χ0v) is 22.6. The van der Waals surface area contributed by atoms with Crippen molar-refractivity contribution >= 4 is 23.0 Å². The Hall–Kier alpha value is -3.44. The predicted octanol–water partition coefficient (Wildman–Crippen LogP) is 7.10. The summed E-state index contributed by atoms with van der Waals surface area (Å²) in [5.74, 6) is 0. The zero-order chi connectivity index (χ0) is 25.4. The van der Waals surface area contributed by atoms with Gasteiger partial charge in [0.05, 0.1) is 23.5 Å². The van der Waals surface area contributed by atoms with E-state index in [0.29, 0.717) is 0 Å². The van der Waals surface area contributed by atoms with Crippen LogP contribution in [-0.2, 0) is 12.8 Å². The fraction of sp³-hybridized carbons (Fsp3) is 0.290. The van der Waals surface area contributed by atoms with Gasteiger partial charge in [-0.3, -0.25) is 4.98 Å². The highest BCUT2D eigenvalue weighted by Gasteiger charge is 2.42. The normalized spacial score (nSPS) is 17.5. The lowest BCUT2D eigenvalue weighted by molar-refractivity contribution is 0.565. The third-order valence-electron chi connectivity index (χ3n) is 7.44. The van der Waals surface area contributed by atoms with Gasteiger partial charge in [0, 0.05) is 23.3 Å². The fourth-order valence-corrected chi connectivity index (χ4v) is 5.94. The summed E-state index contributed by atoms with van der Waals surface area (Å²) in [5.41, 5.74) is 11.1. The summed E-state index contributed by atoms with van der Waals surface area (Å²) in [4.78, 5) is 7.01. The highest BCUT2D eigenvalue weighted by molar-refractivity contribution is 7.80. The average molecular weight is 495 g/mol. The molecule has 0 radical (unpaired) electrons. The summed E-state index contributed by atoms with van der Waals surface area (Å²) in [6, 6.07) is 23.8. The molecule has 2 aromatic heterocycles. The minimum Gasteiger partial charge on any atom is -0.351 e. The van der Waals surface area contributed by atoms with Crippen LogP contribution in [-0.4, -0.2) is 14.7 Å². The van der Waals surface area contributed by atoms with Gasteiger partial charge < -0.3 is 14.8 Å². The largest absolute Gasteiger partial charge is 0.351 e. The van der Waals surface area contributed by atoms with Gasteiger partial charge in [-0.25, -0.2) is 0 Å². The van der Waals surface area contributed by atoms with Crippen LogP contribution in [0.4, 0.5) is 5.69 Å². The minimum absolute atomic E-state index is 0.0195. The summed E-state index contributed by atoms with van der Waals surface area (Å²) in [7, 11) is 0. The Morgan fingerprint density at radius 2 is 1.69 bits per heavy atom. The van der Waals surface area contributed by atoms with Crippen LogP contribution in [0.1, 0.15) is 65.3 Å². The van der Waals surface area contributed by atoms with E-state index in [1.54, 1.807) is 0 Å². The van der Waals surface area contributed by atoms with E-state index in [-0.39, 0.29) is 12.1 Å². The molecule has 0 spiro atoms. The maximum Gasteiger partial charge on any atom is 0.174 e. The molecule has 5 heteroatoms. The van der Waals surface area contributed by atoms with E-state index in [1.807, 2.05) is 18.3 Å². The molecule has 4 nitrogen and oxygen atoms in total. The smallest absolute Gasteiger partial charge is 0.174 e. The molecule has 5 rings (SSSR count). The second kappa shape index (κ2) is 9.90. The Kier molecular flexibility index (Phi) is 6.67. The van der Waals surface area contributed by atoms with Gasteiger partial charge in [-0.2, -0.15) is 0 Å². The predicted molar refractivity (Wildman–Crippen MR) is 153 cm³/mol. The molecule has 3 heterocycles. The topological polar surface area (TPSA) is 33.1 Å². The van der Waals surface area contributed by atoms with Crippen molar-refractivity contribution in [3.05, 3.63) is 112 Å². The molecule has 0 bridgehead atoms. The van der Waals surface area contributed by atoms with Crippen molar-refractivity contribution in [1.29, 1.82) is 0 Å². The number of benzene rings is 2. The van der Waals surface area contributed by atoms with Crippen LogP contribution >= 0.6 is 12.2 Å². The average Bonchev–Trinajstić information content (AvgIpc) is 3.39. The number of anilines is 1. The van der Waals surface area contributed by atoms with Crippen molar-refractivity contribution in [2.75, 3.05) is 4.90 Å². The van der Waals surface area contributed by atoms with E-state index < -0.39 is 0 Å². The molecule has 1 saturated heterocycles. The van der Waals surface area contributed by atoms with Crippen molar-refractivity contribution in [1.82, 2.24) is 14.9 Å². The van der Waals surface area contributed by atoms with E-state index in [4.69, 9.17) is 17.2 Å². The van der Waals surface area contributed by atoms with Crippen LogP contribution in [0.2, 0.25) is 0 Å². The number of para-hydroxylation sites is 1. The molecule has 2 aromatic carbocycles. The molecule has 4 aromatic rings. The fourth-order valence-electron chi connectivity index (χ4n) is 5.60. The highest BCUT2D eigenvalue weighted by Crippen LogP contribution is 2.44. The lowest BCUT2D eigenvalue weighted by atomic mass is 9.96. The van der Waals surface area contributed by atoms with Gasteiger partial charge in [0.25, 0.3) is 0 Å². The van der Waals surface area contributed by atoms with Crippen molar-refractivity contribution in [3.8, 4) is 5.69 Å². The van der Waals surface area contributed by atoms with Gasteiger partial charge in [-0.1, -0.05) is 50.2 Å². The van der Waals surface area contributed by atoms with Gasteiger partial charge in [0.2, 0.25) is 0 Å². The molecule has 0 unspecified atom stereocenters. The summed E-state index contributed by atoms with van der Waals surface area (Å²) < 4.78 is 2.43. The molecule has 0 aliphatic carbocycles. The van der Waals surface area contributed by atoms with Crippen LogP contribution in [0.25, 0.3) is 5.69 Å². The molecule has 1 N–H and O–H groups in total. The van der Waals surface area contributed by atoms with Gasteiger partial charge in [-0.15, -0.1) is 0 Å². The first-order valence-corrected chi connectivity index (χ1v) is 13.2. The SMILES string of the molecule is CCc1ccc(N2C(=S)N[C@@H](c3ccccn3)[C@H]2c2cc(C)n(-c3c(C)cccc3CC)c2C)cc1. The van der Waals surface area contributed by atoms with Crippen LogP contribution in [0.15, 0.2) is 72.9 Å². The van der Waals surface area contributed by atoms with E-state index in [2.05, 4.69) is 104 Å². The number of hydrogen-bond donors (Lipinski definition) is 1. The minimum atomic E-state index is -0.0546. The van der Waals surface area contributed by atoms with E-state index in [9.17, 15) is 0 Å². The quantitative estimate of drug-likeness (QED) is 0.290. The van der Waals surface area contributed by atoms with Crippen molar-refractivity contribution in [2.24, 2.45) is 0 Å². The monoisotopic (exact) mass is 494 g/mol. The number of thiocarbonyl (C=S) groups is 1. The van der Waals surface area contributed by atoms with Crippen LogP contribution in [0.5, 0.6) is 0 Å². The third kappa shape index (κ3) is 4.11. The first kappa shape index (κ1) is 24.3. The lowest BCUT2D eigenvalue weighted by Crippen LogP contribution is -2.29. The Morgan fingerprint density at radius 3 is 2.36 bits per heavy atom. The van der Waals surface area contributed by atoms with Crippen LogP contribution in [0.3, 0.4) is 0 Å². The van der Waals surface area contributed by atoms with Gasteiger partial charge in [-0.05, 0) is 98.4 Å². The Morgan fingerprint density at radius 1 is 0.917 bits per heavy atom. The number of rotatable bonds is 6. The van der Waals surface area contributed by atoms with E-state index in [0.717, 1.165) is 29.3 Å². The molecular formula is C31H34N4S. The zero-order valence-electron chi connectivity index (χ0n) is 21.7. The lowest BCUT2D eigenvalue weighted by Gasteiger charge is -2.28. The molecule has 0 amide bonds. The second-order valence-electron chi connectivity index (χ2n) is 9.61. The highest BCUT2D eigenvalue weighted by atomic mass is 32.1. The van der Waals surface area contributed by atoms with E-state index in [1.165, 1.54) is 39.3 Å². The summed E-state index contributed by atoms with van der Waals surface area (Å²) in [6.07, 6.45) is 3.87. The Balaban J connectivity index is 1.70. The maximum atomic E-state index is 5.95. The number of aryl methyl sites for hydroxylation is 4. The molecule has 1 aliphatic rings. The van der Waals surface area contributed by atoms with Crippen LogP contribution < -0.4 is 10.2 Å². The molecule has 36 heavy (non-hydrogen) atoms. The second-order valence-corrected chi connectivity index (χ2v) is 10.0. The first-order valence-electron chi connectivity index (χ1n) is 12.8. The molecule has 184 valence electrons. The van der Waals surface area contributed by atoms with Gasteiger partial charge in [0.15, 0.2) is 5.11 Å². The third-order valence-corrected chi connectivity index (χ3v) is 7.75. The Labute approximate surface area is 220 Å². The van der Waals surface area contributed by atoms with Gasteiger partial charge >= 0.3 is 0 Å². The van der Waals surface area contributed by atoms with Crippen molar-refractivity contribution in [2.45, 2.75) is 59.5 Å². The van der Waals surface area contributed by atoms with Crippen molar-refractivity contribution < 1.29 is 0 Å². The number of hydrogen-bond acceptors (Lipinski definition) is 2. The summed E-state index contributed by atoms with van der Waals surface area (Å²) in [5, 5.41) is 4.34. The summed E-state index contributed by atoms with van der Waals surface area (Å²) >= 11 is 5.95. The molecular weight excluding hydrogens is 460 g/mol. The summed E-state index contributed by atoms with van der Waals surface area (Å²) in [6.45, 7) is 11.1. The Bertz CT molecular complexity index is 1390. The number of nitrogens with zero attached hydrogens (tertiary/aromatic N) is 3. The van der Waals surface area contributed by atoms with E-state index >= 15 is 0 Å². The molecule has 2 atom stereocenters. The van der Waals surface area contributed by atoms with Crippen molar-refractivity contribution in [3.63, 3.8) is 0 Å². The molecule has 1 aliphatic heterocycles. The maximum absolute atomic E-state index is 5.95. The molecule has 1 fully saturated rings. The van der Waals surface area contributed by atoms with Crippen LogP contribution in [0, 0.1) is 20.8 Å².